The van der Waals surface area contributed by atoms with Crippen molar-refractivity contribution in [3.63, 3.8) is 0 Å². The van der Waals surface area contributed by atoms with E-state index in [0.717, 1.165) is 31.6 Å². The quantitative estimate of drug-likeness (QED) is 0.702. The first kappa shape index (κ1) is 15.4. The van der Waals surface area contributed by atoms with Crippen molar-refractivity contribution in [2.24, 2.45) is 0 Å². The van der Waals surface area contributed by atoms with E-state index in [1.54, 1.807) is 12.1 Å². The summed E-state index contributed by atoms with van der Waals surface area (Å²) in [6.07, 6.45) is 2.92. The molecular formula is C14H23N3O2. The highest BCUT2D eigenvalue weighted by molar-refractivity contribution is 5.94. The van der Waals surface area contributed by atoms with Crippen molar-refractivity contribution in [3.8, 4) is 0 Å². The molecule has 0 aliphatic heterocycles. The van der Waals surface area contributed by atoms with Crippen LogP contribution in [0, 0.1) is 0 Å². The van der Waals surface area contributed by atoms with Crippen molar-refractivity contribution < 1.29 is 9.53 Å². The fourth-order valence-corrected chi connectivity index (χ4v) is 1.61. The number of carbonyl (C=O) groups excluding carboxylic acids is 1. The molecule has 0 atom stereocenters. The number of hydrogen-bond donors (Lipinski definition) is 2. The molecule has 0 fully saturated rings. The minimum Gasteiger partial charge on any atom is -0.384 e. The molecule has 106 valence electrons. The lowest BCUT2D eigenvalue weighted by Crippen LogP contribution is -2.27. The number of nitrogens with two attached hydrogens (primary N) is 1. The fourth-order valence-electron chi connectivity index (χ4n) is 1.61. The second kappa shape index (κ2) is 8.48. The largest absolute Gasteiger partial charge is 0.384 e. The highest BCUT2D eigenvalue weighted by Crippen LogP contribution is 2.08. The standard InChI is InChI=1S/C14H23N3O2/c1-3-5-7-19-8-6-16-14(18)11-9-12(4-2)17-13(15)10-11/h9-10H,3-8H2,1-2H3,(H2,15,17)(H,16,18). The molecule has 0 spiro atoms. The topological polar surface area (TPSA) is 77.2 Å². The van der Waals surface area contributed by atoms with Gasteiger partial charge in [0.25, 0.3) is 5.91 Å². The maximum atomic E-state index is 11.9. The molecule has 1 amide bonds. The Hall–Kier alpha value is -1.62. The van der Waals surface area contributed by atoms with Gasteiger partial charge in [-0.3, -0.25) is 4.79 Å². The maximum absolute atomic E-state index is 11.9. The van der Waals surface area contributed by atoms with Crippen LogP contribution in [-0.4, -0.2) is 30.6 Å². The number of ether oxygens (including phenoxy) is 1. The first-order valence-corrected chi connectivity index (χ1v) is 6.79. The van der Waals surface area contributed by atoms with Gasteiger partial charge in [0.15, 0.2) is 0 Å². The Morgan fingerprint density at radius 2 is 2.16 bits per heavy atom. The monoisotopic (exact) mass is 265 g/mol. The zero-order valence-corrected chi connectivity index (χ0v) is 11.7. The van der Waals surface area contributed by atoms with E-state index >= 15 is 0 Å². The van der Waals surface area contributed by atoms with Gasteiger partial charge in [-0.25, -0.2) is 4.98 Å². The Balaban J connectivity index is 2.39. The van der Waals surface area contributed by atoms with Gasteiger partial charge in [0.05, 0.1) is 6.61 Å². The van der Waals surface area contributed by atoms with Crippen LogP contribution in [0.1, 0.15) is 42.7 Å². The van der Waals surface area contributed by atoms with Gasteiger partial charge in [-0.2, -0.15) is 0 Å². The molecular weight excluding hydrogens is 242 g/mol. The van der Waals surface area contributed by atoms with Crippen molar-refractivity contribution in [1.82, 2.24) is 10.3 Å². The number of carbonyl (C=O) groups is 1. The van der Waals surface area contributed by atoms with Gasteiger partial charge in [0, 0.05) is 24.4 Å². The summed E-state index contributed by atoms with van der Waals surface area (Å²) in [6.45, 7) is 5.88. The highest BCUT2D eigenvalue weighted by atomic mass is 16.5. The molecule has 1 rings (SSSR count). The Labute approximate surface area is 114 Å². The smallest absolute Gasteiger partial charge is 0.251 e. The average Bonchev–Trinajstić information content (AvgIpc) is 2.41. The lowest BCUT2D eigenvalue weighted by molar-refractivity contribution is 0.0912. The van der Waals surface area contributed by atoms with Gasteiger partial charge >= 0.3 is 0 Å². The second-order valence-corrected chi connectivity index (χ2v) is 4.35. The number of pyridine rings is 1. The van der Waals surface area contributed by atoms with Crippen LogP contribution in [0.3, 0.4) is 0 Å². The summed E-state index contributed by atoms with van der Waals surface area (Å²) in [5, 5.41) is 2.81. The third kappa shape index (κ3) is 5.70. The summed E-state index contributed by atoms with van der Waals surface area (Å²) in [6, 6.07) is 3.36. The van der Waals surface area contributed by atoms with Gasteiger partial charge in [-0.15, -0.1) is 0 Å². The molecule has 5 heteroatoms. The number of amides is 1. The van der Waals surface area contributed by atoms with Gasteiger partial charge < -0.3 is 15.8 Å². The first-order valence-electron chi connectivity index (χ1n) is 6.79. The molecule has 0 aliphatic carbocycles. The SMILES string of the molecule is CCCCOCCNC(=O)c1cc(N)nc(CC)c1. The summed E-state index contributed by atoms with van der Waals surface area (Å²) in [5.74, 6) is 0.242. The molecule has 19 heavy (non-hydrogen) atoms. The number of nitrogens with one attached hydrogen (secondary N) is 1. The molecule has 1 aromatic heterocycles. The predicted octanol–water partition coefficient (Wildman–Crippen LogP) is 1.77. The van der Waals surface area contributed by atoms with E-state index in [0.29, 0.717) is 24.5 Å². The molecule has 0 aromatic carbocycles. The highest BCUT2D eigenvalue weighted by Gasteiger charge is 2.07. The lowest BCUT2D eigenvalue weighted by Gasteiger charge is -2.08. The zero-order chi connectivity index (χ0) is 14.1. The molecule has 0 bridgehead atoms. The van der Waals surface area contributed by atoms with Crippen molar-refractivity contribution >= 4 is 11.7 Å². The lowest BCUT2D eigenvalue weighted by atomic mass is 10.2. The van der Waals surface area contributed by atoms with E-state index in [2.05, 4.69) is 17.2 Å². The summed E-state index contributed by atoms with van der Waals surface area (Å²) in [4.78, 5) is 16.0. The minimum atomic E-state index is -0.136. The van der Waals surface area contributed by atoms with E-state index in [-0.39, 0.29) is 5.91 Å². The summed E-state index contributed by atoms with van der Waals surface area (Å²) in [7, 11) is 0. The van der Waals surface area contributed by atoms with Crippen LogP contribution in [0.15, 0.2) is 12.1 Å². The maximum Gasteiger partial charge on any atom is 0.251 e. The number of rotatable bonds is 8. The van der Waals surface area contributed by atoms with E-state index in [9.17, 15) is 4.79 Å². The van der Waals surface area contributed by atoms with Crippen LogP contribution in [0.4, 0.5) is 5.82 Å². The number of aromatic nitrogens is 1. The minimum absolute atomic E-state index is 0.136. The number of nitrogen functional groups attached to an aromatic ring is 1. The molecule has 0 unspecified atom stereocenters. The van der Waals surface area contributed by atoms with Crippen molar-refractivity contribution in [2.75, 3.05) is 25.5 Å². The molecule has 3 N–H and O–H groups in total. The molecule has 0 aliphatic rings. The normalized spacial score (nSPS) is 10.4. The number of hydrogen-bond acceptors (Lipinski definition) is 4. The summed E-state index contributed by atoms with van der Waals surface area (Å²) in [5.41, 5.74) is 7.04. The third-order valence-corrected chi connectivity index (χ3v) is 2.70. The Kier molecular flexibility index (Phi) is 6.89. The van der Waals surface area contributed by atoms with Gasteiger partial charge in [0.1, 0.15) is 5.82 Å². The molecule has 1 aromatic rings. The number of aryl methyl sites for hydroxylation is 1. The van der Waals surface area contributed by atoms with Crippen molar-refractivity contribution in [1.29, 1.82) is 0 Å². The summed E-state index contributed by atoms with van der Waals surface area (Å²) >= 11 is 0. The van der Waals surface area contributed by atoms with E-state index in [1.807, 2.05) is 6.92 Å². The van der Waals surface area contributed by atoms with E-state index < -0.39 is 0 Å². The first-order chi connectivity index (χ1) is 9.17. The van der Waals surface area contributed by atoms with Gasteiger partial charge in [-0.05, 0) is 25.0 Å². The van der Waals surface area contributed by atoms with E-state index in [4.69, 9.17) is 10.5 Å². The van der Waals surface area contributed by atoms with Crippen molar-refractivity contribution in [2.45, 2.75) is 33.1 Å². The van der Waals surface area contributed by atoms with Crippen LogP contribution in [0.2, 0.25) is 0 Å². The van der Waals surface area contributed by atoms with Crippen LogP contribution in [-0.2, 0) is 11.2 Å². The molecule has 1 heterocycles. The van der Waals surface area contributed by atoms with Crippen LogP contribution >= 0.6 is 0 Å². The van der Waals surface area contributed by atoms with Gasteiger partial charge in [-0.1, -0.05) is 20.3 Å². The number of unbranched alkanes of at least 4 members (excludes halogenated alkanes) is 1. The molecule has 0 saturated carbocycles. The Morgan fingerprint density at radius 3 is 2.84 bits per heavy atom. The average molecular weight is 265 g/mol. The fraction of sp³-hybridized carbons (Fsp3) is 0.571. The predicted molar refractivity (Wildman–Crippen MR) is 76.1 cm³/mol. The van der Waals surface area contributed by atoms with Crippen LogP contribution < -0.4 is 11.1 Å². The zero-order valence-electron chi connectivity index (χ0n) is 11.7. The number of nitrogens with zero attached hydrogens (tertiary/aromatic N) is 1. The molecule has 5 nitrogen and oxygen atoms in total. The summed E-state index contributed by atoms with van der Waals surface area (Å²) < 4.78 is 5.38. The number of anilines is 1. The molecule has 0 saturated heterocycles. The van der Waals surface area contributed by atoms with Crippen LogP contribution in [0.5, 0.6) is 0 Å². The van der Waals surface area contributed by atoms with Crippen LogP contribution in [0.25, 0.3) is 0 Å². The third-order valence-electron chi connectivity index (χ3n) is 2.70. The van der Waals surface area contributed by atoms with Crippen molar-refractivity contribution in [3.05, 3.63) is 23.4 Å². The van der Waals surface area contributed by atoms with E-state index in [1.165, 1.54) is 0 Å². The Bertz CT molecular complexity index is 408. The van der Waals surface area contributed by atoms with Gasteiger partial charge in [0.2, 0.25) is 0 Å². The molecule has 0 radical (unpaired) electrons. The Morgan fingerprint density at radius 1 is 1.37 bits per heavy atom. The second-order valence-electron chi connectivity index (χ2n) is 4.35.